The Labute approximate surface area is 182 Å². The number of nitrogens with zero attached hydrogens (tertiary/aromatic N) is 2. The summed E-state index contributed by atoms with van der Waals surface area (Å²) in [6.07, 6.45) is 1.42. The van der Waals surface area contributed by atoms with Gasteiger partial charge in [-0.15, -0.1) is 0 Å². The zero-order chi connectivity index (χ0) is 22.2. The summed E-state index contributed by atoms with van der Waals surface area (Å²) in [5, 5.41) is 0. The summed E-state index contributed by atoms with van der Waals surface area (Å²) in [7, 11) is 0. The third kappa shape index (κ3) is 3.86. The van der Waals surface area contributed by atoms with Crippen LogP contribution in [0, 0.1) is 17.5 Å². The predicted octanol–water partition coefficient (Wildman–Crippen LogP) is 5.67. The largest absolute Gasteiger partial charge is 0.342 e. The molecule has 1 aliphatic rings. The monoisotopic (exact) mass is 435 g/mol. The predicted molar refractivity (Wildman–Crippen MR) is 116 cm³/mol. The Morgan fingerprint density at radius 1 is 0.875 bits per heavy atom. The summed E-state index contributed by atoms with van der Waals surface area (Å²) in [5.41, 5.74) is 3.27. The number of nitrogens with one attached hydrogen (secondary N) is 1. The third-order valence-electron chi connectivity index (χ3n) is 6.02. The number of benzene rings is 3. The molecule has 1 aliphatic heterocycles. The van der Waals surface area contributed by atoms with Gasteiger partial charge in [-0.05, 0) is 48.2 Å². The molecule has 0 saturated carbocycles. The molecule has 1 saturated heterocycles. The topological polar surface area (TPSA) is 49.0 Å². The standard InChI is InChI=1S/C25H20F3N3O/c26-19-7-5-16(6-8-19)15-1-3-18(4-2-15)25(32)31-11-9-17(10-12-31)24-29-22-13-20(27)21(28)14-23(22)30-24/h1-8,13-14,17H,9-12H2,(H,29,30). The fourth-order valence-corrected chi connectivity index (χ4v) is 4.20. The van der Waals surface area contributed by atoms with Gasteiger partial charge < -0.3 is 9.88 Å². The van der Waals surface area contributed by atoms with Crippen molar-refractivity contribution in [2.75, 3.05) is 13.1 Å². The average Bonchev–Trinajstić information content (AvgIpc) is 3.22. The number of aromatic nitrogens is 2. The lowest BCUT2D eigenvalue weighted by molar-refractivity contribution is 0.0711. The van der Waals surface area contributed by atoms with E-state index >= 15 is 0 Å². The van der Waals surface area contributed by atoms with E-state index in [2.05, 4.69) is 9.97 Å². The number of hydrogen-bond donors (Lipinski definition) is 1. The number of aromatic amines is 1. The molecule has 7 heteroatoms. The van der Waals surface area contributed by atoms with Crippen molar-refractivity contribution < 1.29 is 18.0 Å². The van der Waals surface area contributed by atoms with Gasteiger partial charge in [-0.3, -0.25) is 4.79 Å². The molecule has 1 fully saturated rings. The summed E-state index contributed by atoms with van der Waals surface area (Å²) >= 11 is 0. The van der Waals surface area contributed by atoms with Gasteiger partial charge in [0.2, 0.25) is 0 Å². The lowest BCUT2D eigenvalue weighted by Crippen LogP contribution is -2.38. The fourth-order valence-electron chi connectivity index (χ4n) is 4.20. The Hall–Kier alpha value is -3.61. The summed E-state index contributed by atoms with van der Waals surface area (Å²) in [4.78, 5) is 22.2. The second kappa shape index (κ2) is 8.15. The highest BCUT2D eigenvalue weighted by Crippen LogP contribution is 2.29. The summed E-state index contributed by atoms with van der Waals surface area (Å²) in [5.74, 6) is -1.35. The van der Waals surface area contributed by atoms with E-state index in [4.69, 9.17) is 0 Å². The number of H-pyrrole nitrogens is 1. The number of amides is 1. The molecule has 0 unspecified atom stereocenters. The Morgan fingerprint density at radius 2 is 1.47 bits per heavy atom. The van der Waals surface area contributed by atoms with E-state index in [0.717, 1.165) is 23.3 Å². The second-order valence-electron chi connectivity index (χ2n) is 8.06. The van der Waals surface area contributed by atoms with Crippen LogP contribution >= 0.6 is 0 Å². The fraction of sp³-hybridized carbons (Fsp3) is 0.200. The van der Waals surface area contributed by atoms with Crippen LogP contribution in [0.15, 0.2) is 60.7 Å². The molecule has 3 aromatic carbocycles. The van der Waals surface area contributed by atoms with Crippen molar-refractivity contribution in [3.8, 4) is 11.1 Å². The van der Waals surface area contributed by atoms with Crippen molar-refractivity contribution in [1.29, 1.82) is 0 Å². The van der Waals surface area contributed by atoms with E-state index < -0.39 is 11.6 Å². The van der Waals surface area contributed by atoms with Gasteiger partial charge in [0, 0.05) is 36.7 Å². The maximum Gasteiger partial charge on any atom is 0.253 e. The van der Waals surface area contributed by atoms with Gasteiger partial charge in [0.1, 0.15) is 11.6 Å². The van der Waals surface area contributed by atoms with Crippen LogP contribution in [0.25, 0.3) is 22.2 Å². The molecule has 4 aromatic rings. The first-order valence-corrected chi connectivity index (χ1v) is 10.5. The Balaban J connectivity index is 1.25. The molecule has 162 valence electrons. The van der Waals surface area contributed by atoms with Gasteiger partial charge in [0.05, 0.1) is 11.0 Å². The maximum atomic E-state index is 13.5. The van der Waals surface area contributed by atoms with E-state index in [9.17, 15) is 18.0 Å². The third-order valence-corrected chi connectivity index (χ3v) is 6.02. The van der Waals surface area contributed by atoms with E-state index in [1.807, 2.05) is 17.0 Å². The molecule has 4 nitrogen and oxygen atoms in total. The highest BCUT2D eigenvalue weighted by atomic mass is 19.2. The van der Waals surface area contributed by atoms with Gasteiger partial charge in [0.15, 0.2) is 11.6 Å². The number of halogens is 3. The number of piperidine rings is 1. The summed E-state index contributed by atoms with van der Waals surface area (Å²) in [6, 6.07) is 15.7. The van der Waals surface area contributed by atoms with Crippen LogP contribution in [0.3, 0.4) is 0 Å². The van der Waals surface area contributed by atoms with Crippen LogP contribution in [0.4, 0.5) is 13.2 Å². The minimum absolute atomic E-state index is 0.0390. The van der Waals surface area contributed by atoms with Crippen molar-refractivity contribution in [2.45, 2.75) is 18.8 Å². The number of fused-ring (bicyclic) bond motifs is 1. The van der Waals surface area contributed by atoms with E-state index in [0.29, 0.717) is 48.4 Å². The van der Waals surface area contributed by atoms with Crippen LogP contribution < -0.4 is 0 Å². The SMILES string of the molecule is O=C(c1ccc(-c2ccc(F)cc2)cc1)N1CCC(c2nc3cc(F)c(F)cc3[nH]2)CC1. The zero-order valence-corrected chi connectivity index (χ0v) is 17.1. The Bertz CT molecular complexity index is 1240. The lowest BCUT2D eigenvalue weighted by Gasteiger charge is -2.31. The van der Waals surface area contributed by atoms with Crippen molar-refractivity contribution in [2.24, 2.45) is 0 Å². The van der Waals surface area contributed by atoms with Gasteiger partial charge >= 0.3 is 0 Å². The first-order chi connectivity index (χ1) is 15.5. The van der Waals surface area contributed by atoms with Crippen molar-refractivity contribution in [1.82, 2.24) is 14.9 Å². The first kappa shape index (κ1) is 20.3. The number of likely N-dealkylation sites (tertiary alicyclic amines) is 1. The van der Waals surface area contributed by atoms with Crippen LogP contribution in [0.2, 0.25) is 0 Å². The lowest BCUT2D eigenvalue weighted by atomic mass is 9.95. The van der Waals surface area contributed by atoms with Gasteiger partial charge in [-0.25, -0.2) is 18.2 Å². The number of imidazole rings is 1. The normalized spacial score (nSPS) is 14.8. The second-order valence-corrected chi connectivity index (χ2v) is 8.06. The number of carbonyl (C=O) groups is 1. The quantitative estimate of drug-likeness (QED) is 0.451. The molecular formula is C25H20F3N3O. The highest BCUT2D eigenvalue weighted by Gasteiger charge is 2.26. The maximum absolute atomic E-state index is 13.5. The van der Waals surface area contributed by atoms with Crippen molar-refractivity contribution in [3.05, 3.63) is 89.5 Å². The molecule has 5 rings (SSSR count). The highest BCUT2D eigenvalue weighted by molar-refractivity contribution is 5.94. The smallest absolute Gasteiger partial charge is 0.253 e. The molecule has 0 spiro atoms. The van der Waals surface area contributed by atoms with Crippen LogP contribution in [0.1, 0.15) is 34.9 Å². The first-order valence-electron chi connectivity index (χ1n) is 10.5. The van der Waals surface area contributed by atoms with Gasteiger partial charge in [-0.1, -0.05) is 24.3 Å². The molecular weight excluding hydrogens is 415 g/mol. The molecule has 0 bridgehead atoms. The molecule has 0 radical (unpaired) electrons. The van der Waals surface area contributed by atoms with Gasteiger partial charge in [0.25, 0.3) is 5.91 Å². The minimum atomic E-state index is -0.915. The molecule has 1 amide bonds. The molecule has 0 aliphatic carbocycles. The molecule has 0 atom stereocenters. The van der Waals surface area contributed by atoms with Crippen LogP contribution in [-0.4, -0.2) is 33.9 Å². The zero-order valence-electron chi connectivity index (χ0n) is 17.1. The van der Waals surface area contributed by atoms with Crippen LogP contribution in [-0.2, 0) is 0 Å². The summed E-state index contributed by atoms with van der Waals surface area (Å²) < 4.78 is 40.0. The number of carbonyl (C=O) groups excluding carboxylic acids is 1. The van der Waals surface area contributed by atoms with E-state index in [-0.39, 0.29) is 17.6 Å². The molecule has 32 heavy (non-hydrogen) atoms. The number of rotatable bonds is 3. The van der Waals surface area contributed by atoms with E-state index in [1.54, 1.807) is 24.3 Å². The molecule has 1 N–H and O–H groups in total. The molecule has 1 aromatic heterocycles. The van der Waals surface area contributed by atoms with Gasteiger partial charge in [-0.2, -0.15) is 0 Å². The average molecular weight is 435 g/mol. The minimum Gasteiger partial charge on any atom is -0.342 e. The number of hydrogen-bond acceptors (Lipinski definition) is 2. The van der Waals surface area contributed by atoms with Crippen molar-refractivity contribution in [3.63, 3.8) is 0 Å². The molecule has 2 heterocycles. The summed E-state index contributed by atoms with van der Waals surface area (Å²) in [6.45, 7) is 1.14. The van der Waals surface area contributed by atoms with Crippen LogP contribution in [0.5, 0.6) is 0 Å². The van der Waals surface area contributed by atoms with Crippen molar-refractivity contribution >= 4 is 16.9 Å². The Morgan fingerprint density at radius 3 is 2.12 bits per heavy atom. The van der Waals surface area contributed by atoms with E-state index in [1.165, 1.54) is 12.1 Å². The Kier molecular flexibility index (Phi) is 5.17.